The van der Waals surface area contributed by atoms with Crippen molar-refractivity contribution < 1.29 is 14.7 Å². The zero-order chi connectivity index (χ0) is 19.4. The molecule has 0 radical (unpaired) electrons. The second-order valence-corrected chi connectivity index (χ2v) is 6.80. The number of nitrogens with one attached hydrogen (secondary N) is 2. The minimum Gasteiger partial charge on any atom is -0.477 e. The Hall–Kier alpha value is -3.05. The largest absolute Gasteiger partial charge is 0.477 e. The number of carboxylic acid groups (broad SMARTS) is 1. The molecule has 3 N–H and O–H groups in total. The van der Waals surface area contributed by atoms with Gasteiger partial charge in [0.05, 0.1) is 6.20 Å². The first kappa shape index (κ1) is 18.7. The first-order valence-corrected chi connectivity index (χ1v) is 9.01. The number of carboxylic acids is 1. The Labute approximate surface area is 159 Å². The summed E-state index contributed by atoms with van der Waals surface area (Å²) in [6.45, 7) is 7.92. The van der Waals surface area contributed by atoms with Crippen molar-refractivity contribution in [1.82, 2.24) is 25.4 Å². The maximum absolute atomic E-state index is 11.4. The van der Waals surface area contributed by atoms with Gasteiger partial charge in [0.1, 0.15) is 22.3 Å². The summed E-state index contributed by atoms with van der Waals surface area (Å²) in [5.74, 6) is 0.659. The molecule has 142 valence electrons. The van der Waals surface area contributed by atoms with E-state index >= 15 is 0 Å². The molecular formula is C16H19N7O3S. The van der Waals surface area contributed by atoms with Gasteiger partial charge in [-0.15, -0.1) is 0 Å². The van der Waals surface area contributed by atoms with E-state index in [1.54, 1.807) is 13.0 Å². The zero-order valence-electron chi connectivity index (χ0n) is 14.7. The van der Waals surface area contributed by atoms with Gasteiger partial charge >= 0.3 is 5.97 Å². The average molecular weight is 389 g/mol. The monoisotopic (exact) mass is 389 g/mol. The van der Waals surface area contributed by atoms with Crippen molar-refractivity contribution in [3.63, 3.8) is 0 Å². The summed E-state index contributed by atoms with van der Waals surface area (Å²) in [5.41, 5.74) is 2.76. The van der Waals surface area contributed by atoms with Crippen molar-refractivity contribution >= 4 is 40.0 Å². The topological polar surface area (TPSA) is 124 Å². The molecule has 11 heteroatoms. The van der Waals surface area contributed by atoms with E-state index in [2.05, 4.69) is 37.2 Å². The molecule has 0 aromatic carbocycles. The molecule has 1 aliphatic rings. The number of anilines is 3. The van der Waals surface area contributed by atoms with E-state index in [1.165, 1.54) is 12.3 Å². The van der Waals surface area contributed by atoms with Gasteiger partial charge in [0, 0.05) is 32.2 Å². The minimum absolute atomic E-state index is 0.154. The first-order chi connectivity index (χ1) is 12.9. The Morgan fingerprint density at radius 2 is 2.04 bits per heavy atom. The molecule has 0 unspecified atom stereocenters. The molecule has 0 saturated carbocycles. The Kier molecular flexibility index (Phi) is 5.62. The van der Waals surface area contributed by atoms with E-state index in [4.69, 9.17) is 5.11 Å². The lowest BCUT2D eigenvalue weighted by molar-refractivity contribution is -0.121. The molecule has 2 aromatic rings. The summed E-state index contributed by atoms with van der Waals surface area (Å²) < 4.78 is 0. The third-order valence-corrected chi connectivity index (χ3v) is 4.73. The van der Waals surface area contributed by atoms with Crippen LogP contribution in [0.2, 0.25) is 0 Å². The Balaban J connectivity index is 1.67. The highest BCUT2D eigenvalue weighted by Gasteiger charge is 2.20. The number of carbonyl (C=O) groups excluding carboxylic acids is 1. The normalized spacial score (nSPS) is 14.6. The summed E-state index contributed by atoms with van der Waals surface area (Å²) in [7, 11) is 0. The molecule has 3 heterocycles. The van der Waals surface area contributed by atoms with E-state index in [0.29, 0.717) is 43.0 Å². The molecule has 2 aromatic heterocycles. The van der Waals surface area contributed by atoms with Crippen molar-refractivity contribution in [3.8, 4) is 0 Å². The maximum Gasteiger partial charge on any atom is 0.347 e. The smallest absolute Gasteiger partial charge is 0.347 e. The van der Waals surface area contributed by atoms with Crippen molar-refractivity contribution in [2.45, 2.75) is 6.92 Å². The minimum atomic E-state index is -1.01. The summed E-state index contributed by atoms with van der Waals surface area (Å²) in [6.07, 6.45) is 2.55. The Morgan fingerprint density at radius 1 is 1.30 bits per heavy atom. The van der Waals surface area contributed by atoms with Gasteiger partial charge < -0.3 is 15.3 Å². The highest BCUT2D eigenvalue weighted by molar-refractivity contribution is 7.17. The first-order valence-electron chi connectivity index (χ1n) is 8.19. The van der Waals surface area contributed by atoms with Crippen LogP contribution in [0.5, 0.6) is 0 Å². The fourth-order valence-electron chi connectivity index (χ4n) is 2.57. The lowest BCUT2D eigenvalue weighted by Crippen LogP contribution is -2.53. The second-order valence-electron chi connectivity index (χ2n) is 5.77. The van der Waals surface area contributed by atoms with Gasteiger partial charge in [-0.3, -0.25) is 10.2 Å². The molecule has 0 aliphatic carbocycles. The van der Waals surface area contributed by atoms with Crippen LogP contribution in [0.4, 0.5) is 16.8 Å². The predicted molar refractivity (Wildman–Crippen MR) is 101 cm³/mol. The van der Waals surface area contributed by atoms with Crippen LogP contribution in [0.1, 0.15) is 15.5 Å². The Bertz CT molecular complexity index is 861. The average Bonchev–Trinajstić information content (AvgIpc) is 3.10. The van der Waals surface area contributed by atoms with Gasteiger partial charge in [-0.05, 0) is 13.0 Å². The number of amides is 1. The van der Waals surface area contributed by atoms with Crippen LogP contribution in [0, 0.1) is 6.92 Å². The van der Waals surface area contributed by atoms with Gasteiger partial charge in [0.25, 0.3) is 5.91 Å². The molecule has 1 aliphatic heterocycles. The summed E-state index contributed by atoms with van der Waals surface area (Å²) in [6, 6.07) is 1.80. The van der Waals surface area contributed by atoms with Crippen LogP contribution in [0.3, 0.4) is 0 Å². The molecule has 3 rings (SSSR count). The van der Waals surface area contributed by atoms with Crippen molar-refractivity contribution in [3.05, 3.63) is 35.6 Å². The molecule has 1 fully saturated rings. The van der Waals surface area contributed by atoms with Crippen LogP contribution < -0.4 is 15.6 Å². The molecule has 1 saturated heterocycles. The Morgan fingerprint density at radius 3 is 2.67 bits per heavy atom. The number of nitrogens with zero attached hydrogens (tertiary/aromatic N) is 5. The molecular weight excluding hydrogens is 370 g/mol. The maximum atomic E-state index is 11.4. The van der Waals surface area contributed by atoms with E-state index in [9.17, 15) is 9.59 Å². The summed E-state index contributed by atoms with van der Waals surface area (Å²) in [4.78, 5) is 37.5. The van der Waals surface area contributed by atoms with Crippen molar-refractivity contribution in [2.75, 3.05) is 36.4 Å². The number of rotatable bonds is 6. The number of hydrogen-bond acceptors (Lipinski definition) is 9. The van der Waals surface area contributed by atoms with Crippen LogP contribution >= 0.6 is 11.3 Å². The quantitative estimate of drug-likeness (QED) is 0.621. The van der Waals surface area contributed by atoms with Crippen LogP contribution in [0.25, 0.3) is 0 Å². The second kappa shape index (κ2) is 8.10. The molecule has 27 heavy (non-hydrogen) atoms. The van der Waals surface area contributed by atoms with Crippen molar-refractivity contribution in [2.24, 2.45) is 0 Å². The van der Waals surface area contributed by atoms with E-state index < -0.39 is 5.97 Å². The van der Waals surface area contributed by atoms with Gasteiger partial charge in [0.15, 0.2) is 5.13 Å². The van der Waals surface area contributed by atoms with Gasteiger partial charge in [-0.2, -0.15) is 0 Å². The predicted octanol–water partition coefficient (Wildman–Crippen LogP) is 1.02. The highest BCUT2D eigenvalue weighted by Crippen LogP contribution is 2.24. The number of aromatic carboxylic acids is 1. The fourth-order valence-corrected chi connectivity index (χ4v) is 3.23. The van der Waals surface area contributed by atoms with E-state index in [1.807, 2.05) is 5.01 Å². The molecule has 0 bridgehead atoms. The van der Waals surface area contributed by atoms with Crippen molar-refractivity contribution in [1.29, 1.82) is 0 Å². The number of carbonyl (C=O) groups is 2. The van der Waals surface area contributed by atoms with Crippen LogP contribution in [-0.2, 0) is 4.79 Å². The zero-order valence-corrected chi connectivity index (χ0v) is 15.5. The lowest BCUT2D eigenvalue weighted by Gasteiger charge is -2.35. The summed E-state index contributed by atoms with van der Waals surface area (Å²) in [5, 5.41) is 14.3. The number of aryl methyl sites for hydroxylation is 1. The fraction of sp³-hybridized carbons (Fsp3) is 0.312. The van der Waals surface area contributed by atoms with Crippen LogP contribution in [0.15, 0.2) is 24.9 Å². The molecule has 10 nitrogen and oxygen atoms in total. The SMILES string of the molecule is C=CC(=O)NN1CCN(c2cc(Nc3ncc(C(=O)O)s3)nc(C)n2)CC1. The van der Waals surface area contributed by atoms with Gasteiger partial charge in [0.2, 0.25) is 0 Å². The van der Waals surface area contributed by atoms with E-state index in [-0.39, 0.29) is 10.8 Å². The lowest BCUT2D eigenvalue weighted by atomic mass is 10.3. The summed E-state index contributed by atoms with van der Waals surface area (Å²) >= 11 is 1.04. The number of aromatic nitrogens is 3. The number of hydrazine groups is 1. The highest BCUT2D eigenvalue weighted by atomic mass is 32.1. The number of hydrogen-bond donors (Lipinski definition) is 3. The number of thiazole rings is 1. The van der Waals surface area contributed by atoms with Crippen LogP contribution in [-0.4, -0.2) is 63.1 Å². The molecule has 1 amide bonds. The third-order valence-electron chi connectivity index (χ3n) is 3.83. The molecule has 0 spiro atoms. The number of piperazine rings is 1. The van der Waals surface area contributed by atoms with E-state index in [0.717, 1.165) is 17.2 Å². The standard InChI is InChI=1S/C16H19N7O3S/c1-3-14(24)21-23-6-4-22(5-7-23)13-8-12(18-10(2)19-13)20-16-17-9-11(27-16)15(25)26/h3,8-9H,1,4-7H2,2H3,(H,21,24)(H,25,26)(H,17,18,19,20). The van der Waals surface area contributed by atoms with Gasteiger partial charge in [-0.1, -0.05) is 17.9 Å². The molecule has 0 atom stereocenters. The third kappa shape index (κ3) is 4.77. The van der Waals surface area contributed by atoms with Gasteiger partial charge in [-0.25, -0.2) is 24.8 Å².